The fourth-order valence-corrected chi connectivity index (χ4v) is 2.78. The van der Waals surface area contributed by atoms with E-state index in [0.29, 0.717) is 16.6 Å². The zero-order valence-corrected chi connectivity index (χ0v) is 13.0. The molecule has 1 amide bonds. The van der Waals surface area contributed by atoms with Crippen molar-refractivity contribution in [3.8, 4) is 0 Å². The van der Waals surface area contributed by atoms with Crippen molar-refractivity contribution in [3.63, 3.8) is 0 Å². The molecule has 0 radical (unpaired) electrons. The van der Waals surface area contributed by atoms with E-state index in [1.807, 2.05) is 18.2 Å². The Morgan fingerprint density at radius 1 is 1.33 bits per heavy atom. The summed E-state index contributed by atoms with van der Waals surface area (Å²) in [6.07, 6.45) is 1.41. The first kappa shape index (κ1) is 15.7. The highest BCUT2D eigenvalue weighted by Gasteiger charge is 2.18. The predicted molar refractivity (Wildman–Crippen MR) is 84.0 cm³/mol. The normalized spacial score (nSPS) is 11.9. The molecule has 110 valence electrons. The Kier molecular flexibility index (Phi) is 5.47. The molecule has 1 aromatic carbocycles. The third-order valence-corrected chi connectivity index (χ3v) is 4.36. The lowest BCUT2D eigenvalue weighted by atomic mass is 10.2. The van der Waals surface area contributed by atoms with Gasteiger partial charge >= 0.3 is 0 Å². The van der Waals surface area contributed by atoms with Crippen LogP contribution < -0.4 is 10.0 Å². The van der Waals surface area contributed by atoms with E-state index in [-0.39, 0.29) is 11.2 Å². The van der Waals surface area contributed by atoms with Crippen molar-refractivity contribution in [2.24, 2.45) is 0 Å². The number of carbonyl (C=O) groups is 1. The molecule has 2 aromatic rings. The van der Waals surface area contributed by atoms with E-state index < -0.39 is 0 Å². The first-order valence-corrected chi connectivity index (χ1v) is 7.69. The number of pyridine rings is 1. The highest BCUT2D eigenvalue weighted by Crippen LogP contribution is 2.20. The minimum Gasteiger partial charge on any atom is -0.618 e. The summed E-state index contributed by atoms with van der Waals surface area (Å²) in [5, 5.41) is 15.1. The molecule has 1 atom stereocenters. The lowest BCUT2D eigenvalue weighted by Crippen LogP contribution is -2.33. The van der Waals surface area contributed by atoms with Crippen molar-refractivity contribution in [1.29, 1.82) is 0 Å². The number of thioether (sulfide) groups is 1. The molecule has 0 aliphatic rings. The number of halogens is 1. The maximum absolute atomic E-state index is 12.1. The molecule has 1 aromatic heterocycles. The summed E-state index contributed by atoms with van der Waals surface area (Å²) >= 11 is 7.26. The van der Waals surface area contributed by atoms with E-state index in [0.717, 1.165) is 10.3 Å². The van der Waals surface area contributed by atoms with Crippen LogP contribution in [-0.4, -0.2) is 11.2 Å². The van der Waals surface area contributed by atoms with Gasteiger partial charge in [0, 0.05) is 23.7 Å². The lowest BCUT2D eigenvalue weighted by molar-refractivity contribution is -0.645. The van der Waals surface area contributed by atoms with E-state index >= 15 is 0 Å². The second-order valence-corrected chi connectivity index (χ2v) is 6.20. The summed E-state index contributed by atoms with van der Waals surface area (Å²) in [5.41, 5.74) is 0.864. The number of rotatable bonds is 5. The third-order valence-electron chi connectivity index (χ3n) is 2.87. The summed E-state index contributed by atoms with van der Waals surface area (Å²) in [5.74, 6) is -0.135. The van der Waals surface area contributed by atoms with Gasteiger partial charge in [-0.2, -0.15) is 4.73 Å². The number of aromatic nitrogens is 1. The van der Waals surface area contributed by atoms with Crippen molar-refractivity contribution >= 4 is 29.3 Å². The van der Waals surface area contributed by atoms with Gasteiger partial charge in [0.05, 0.1) is 5.25 Å². The molecular weight excluding hydrogens is 308 g/mol. The Morgan fingerprint density at radius 3 is 2.76 bits per heavy atom. The van der Waals surface area contributed by atoms with Crippen molar-refractivity contribution < 1.29 is 9.52 Å². The average molecular weight is 323 g/mol. The first-order valence-electron chi connectivity index (χ1n) is 6.44. The quantitative estimate of drug-likeness (QED) is 0.523. The number of carbonyl (C=O) groups excluding carboxylic acids is 1. The van der Waals surface area contributed by atoms with Crippen LogP contribution in [0.15, 0.2) is 53.7 Å². The van der Waals surface area contributed by atoms with Crippen LogP contribution >= 0.6 is 23.4 Å². The monoisotopic (exact) mass is 322 g/mol. The molecule has 1 N–H and O–H groups in total. The molecule has 0 spiro atoms. The van der Waals surface area contributed by atoms with Crippen molar-refractivity contribution in [1.82, 2.24) is 5.32 Å². The fraction of sp³-hybridized carbons (Fsp3) is 0.200. The Balaban J connectivity index is 1.91. The van der Waals surface area contributed by atoms with Gasteiger partial charge in [0.15, 0.2) is 6.20 Å². The van der Waals surface area contributed by atoms with E-state index in [1.54, 1.807) is 31.2 Å². The zero-order valence-electron chi connectivity index (χ0n) is 11.5. The minimum absolute atomic E-state index is 0.135. The minimum atomic E-state index is -0.366. The average Bonchev–Trinajstić information content (AvgIpc) is 2.48. The van der Waals surface area contributed by atoms with Crippen LogP contribution in [0.25, 0.3) is 0 Å². The van der Waals surface area contributed by atoms with Crippen molar-refractivity contribution in [3.05, 3.63) is 64.5 Å². The highest BCUT2D eigenvalue weighted by atomic mass is 35.5. The van der Waals surface area contributed by atoms with Crippen LogP contribution in [0.5, 0.6) is 0 Å². The van der Waals surface area contributed by atoms with Gasteiger partial charge in [0.25, 0.3) is 5.03 Å². The van der Waals surface area contributed by atoms with E-state index in [2.05, 4.69) is 5.32 Å². The predicted octanol–water partition coefficient (Wildman–Crippen LogP) is 2.77. The molecule has 0 aliphatic heterocycles. The molecule has 0 bridgehead atoms. The van der Waals surface area contributed by atoms with E-state index in [4.69, 9.17) is 11.6 Å². The summed E-state index contributed by atoms with van der Waals surface area (Å²) in [7, 11) is 0. The summed E-state index contributed by atoms with van der Waals surface area (Å²) < 4.78 is 0.752. The Labute approximate surface area is 132 Å². The molecule has 0 aliphatic carbocycles. The molecule has 0 fully saturated rings. The Morgan fingerprint density at radius 2 is 2.05 bits per heavy atom. The van der Waals surface area contributed by atoms with Gasteiger partial charge in [-0.1, -0.05) is 29.8 Å². The standard InChI is InChI=1S/C15H15ClN2O2S/c1-11(21-14-8-4-5-9-18(14)20)15(19)17-10-12-6-2-3-7-13(12)16/h2-9,11H,10H2,1H3,(H,17,19)/t11-/m0/s1. The van der Waals surface area contributed by atoms with Crippen molar-refractivity contribution in [2.75, 3.05) is 0 Å². The molecule has 6 heteroatoms. The first-order chi connectivity index (χ1) is 10.1. The lowest BCUT2D eigenvalue weighted by Gasteiger charge is -2.12. The molecular formula is C15H15ClN2O2S. The molecule has 0 unspecified atom stereocenters. The number of hydrogen-bond acceptors (Lipinski definition) is 3. The summed E-state index contributed by atoms with van der Waals surface area (Å²) in [6.45, 7) is 2.13. The molecule has 2 rings (SSSR count). The van der Waals surface area contributed by atoms with Gasteiger partial charge in [-0.3, -0.25) is 4.79 Å². The topological polar surface area (TPSA) is 56.0 Å². The molecule has 0 saturated heterocycles. The second-order valence-electron chi connectivity index (χ2n) is 4.43. The van der Waals surface area contributed by atoms with Crippen LogP contribution in [0.4, 0.5) is 0 Å². The van der Waals surface area contributed by atoms with E-state index in [9.17, 15) is 10.0 Å². The second kappa shape index (κ2) is 7.33. The summed E-state index contributed by atoms with van der Waals surface area (Å²) in [4.78, 5) is 12.1. The number of nitrogens with zero attached hydrogens (tertiary/aromatic N) is 1. The van der Waals surface area contributed by atoms with Gasteiger partial charge in [0.1, 0.15) is 0 Å². The van der Waals surface area contributed by atoms with Crippen molar-refractivity contribution in [2.45, 2.75) is 23.7 Å². The van der Waals surface area contributed by atoms with Gasteiger partial charge in [-0.15, -0.1) is 0 Å². The van der Waals surface area contributed by atoms with Gasteiger partial charge < -0.3 is 10.5 Å². The van der Waals surface area contributed by atoms with Gasteiger partial charge in [-0.05, 0) is 36.4 Å². The molecule has 4 nitrogen and oxygen atoms in total. The third kappa shape index (κ3) is 4.37. The molecule has 21 heavy (non-hydrogen) atoms. The Hall–Kier alpha value is -1.72. The van der Waals surface area contributed by atoms with E-state index in [1.165, 1.54) is 18.0 Å². The largest absolute Gasteiger partial charge is 0.618 e. The van der Waals surface area contributed by atoms with Gasteiger partial charge in [0.2, 0.25) is 5.91 Å². The van der Waals surface area contributed by atoms with Crippen LogP contribution in [0, 0.1) is 5.21 Å². The van der Waals surface area contributed by atoms with Crippen LogP contribution in [0.1, 0.15) is 12.5 Å². The number of benzene rings is 1. The van der Waals surface area contributed by atoms with Crippen LogP contribution in [0.3, 0.4) is 0 Å². The molecule has 1 heterocycles. The molecule has 0 saturated carbocycles. The summed E-state index contributed by atoms with van der Waals surface area (Å²) in [6, 6.07) is 12.5. The maximum Gasteiger partial charge on any atom is 0.252 e. The SMILES string of the molecule is C[C@H](Sc1cccc[n+]1[O-])C(=O)NCc1ccccc1Cl. The number of amides is 1. The fourth-order valence-electron chi connectivity index (χ4n) is 1.71. The smallest absolute Gasteiger partial charge is 0.252 e. The number of nitrogens with one attached hydrogen (secondary N) is 1. The number of hydrogen-bond donors (Lipinski definition) is 1. The zero-order chi connectivity index (χ0) is 15.2. The Bertz CT molecular complexity index is 637. The van der Waals surface area contributed by atoms with Crippen LogP contribution in [-0.2, 0) is 11.3 Å². The van der Waals surface area contributed by atoms with Crippen LogP contribution in [0.2, 0.25) is 5.02 Å². The van der Waals surface area contributed by atoms with Gasteiger partial charge in [-0.25, -0.2) is 0 Å². The maximum atomic E-state index is 12.1. The highest BCUT2D eigenvalue weighted by molar-refractivity contribution is 8.00.